The van der Waals surface area contributed by atoms with Crippen LogP contribution in [-0.4, -0.2) is 32.5 Å². The van der Waals surface area contributed by atoms with Gasteiger partial charge in [0.25, 0.3) is 5.91 Å². The summed E-state index contributed by atoms with van der Waals surface area (Å²) in [6.45, 7) is 3.43. The lowest BCUT2D eigenvalue weighted by molar-refractivity contribution is 0.102. The van der Waals surface area contributed by atoms with Crippen molar-refractivity contribution >= 4 is 32.5 Å². The Balaban J connectivity index is 1.91. The summed E-state index contributed by atoms with van der Waals surface area (Å²) in [4.78, 5) is 16.9. The minimum atomic E-state index is -3.83. The molecule has 1 aromatic heterocycles. The van der Waals surface area contributed by atoms with E-state index in [4.69, 9.17) is 4.74 Å². The van der Waals surface area contributed by atoms with E-state index in [1.165, 1.54) is 25.3 Å². The Labute approximate surface area is 163 Å². The van der Waals surface area contributed by atoms with Crippen LogP contribution < -0.4 is 14.8 Å². The largest absolute Gasteiger partial charge is 0.495 e. The number of rotatable bonds is 6. The Kier molecular flexibility index (Phi) is 5.62. The summed E-state index contributed by atoms with van der Waals surface area (Å²) >= 11 is 0. The van der Waals surface area contributed by atoms with Crippen molar-refractivity contribution in [3.05, 3.63) is 60.3 Å². The molecule has 0 unspecified atom stereocenters. The fraction of sp³-hybridized carbons (Fsp3) is 0.200. The molecule has 0 aliphatic carbocycles. The number of hydrogen-bond acceptors (Lipinski definition) is 5. The van der Waals surface area contributed by atoms with Crippen LogP contribution >= 0.6 is 0 Å². The quantitative estimate of drug-likeness (QED) is 0.663. The smallest absolute Gasteiger partial charge is 0.255 e. The van der Waals surface area contributed by atoms with Crippen LogP contribution in [0.25, 0.3) is 10.9 Å². The molecule has 0 atom stereocenters. The van der Waals surface area contributed by atoms with Crippen LogP contribution in [0, 0.1) is 0 Å². The van der Waals surface area contributed by atoms with Gasteiger partial charge in [0, 0.05) is 17.0 Å². The standard InChI is InChI=1S/C20H21N3O4S/c1-13(2)23-28(25,26)19-11-15(8-9-18(19)27-3)20(24)22-16-10-14-6-4-5-7-17(14)21-12-16/h4-13,23H,1-3H3,(H,22,24). The van der Waals surface area contributed by atoms with Crippen molar-refractivity contribution in [2.75, 3.05) is 12.4 Å². The molecular weight excluding hydrogens is 378 g/mol. The Hall–Kier alpha value is -2.97. The third-order valence-corrected chi connectivity index (χ3v) is 5.63. The topological polar surface area (TPSA) is 97.4 Å². The van der Waals surface area contributed by atoms with Gasteiger partial charge in [-0.25, -0.2) is 13.1 Å². The Morgan fingerprint density at radius 2 is 1.86 bits per heavy atom. The number of fused-ring (bicyclic) bond motifs is 1. The molecule has 146 valence electrons. The SMILES string of the molecule is COc1ccc(C(=O)Nc2cnc3ccccc3c2)cc1S(=O)(=O)NC(C)C. The molecule has 0 aliphatic heterocycles. The van der Waals surface area contributed by atoms with Gasteiger partial charge in [0.2, 0.25) is 10.0 Å². The molecular formula is C20H21N3O4S. The number of methoxy groups -OCH3 is 1. The summed E-state index contributed by atoms with van der Waals surface area (Å²) in [5.41, 5.74) is 1.53. The van der Waals surface area contributed by atoms with Gasteiger partial charge < -0.3 is 10.1 Å². The van der Waals surface area contributed by atoms with Crippen LogP contribution in [0.3, 0.4) is 0 Å². The number of hydrogen-bond donors (Lipinski definition) is 2. The minimum Gasteiger partial charge on any atom is -0.495 e. The summed E-state index contributed by atoms with van der Waals surface area (Å²) in [5.74, 6) is -0.280. The molecule has 1 heterocycles. The monoisotopic (exact) mass is 399 g/mol. The third kappa shape index (κ3) is 4.29. The number of amides is 1. The van der Waals surface area contributed by atoms with Gasteiger partial charge in [0.15, 0.2) is 0 Å². The molecule has 0 spiro atoms. The highest BCUT2D eigenvalue weighted by atomic mass is 32.2. The van der Waals surface area contributed by atoms with Gasteiger partial charge in [-0.2, -0.15) is 0 Å². The number of sulfonamides is 1. The van der Waals surface area contributed by atoms with E-state index in [9.17, 15) is 13.2 Å². The second-order valence-electron chi connectivity index (χ2n) is 6.51. The number of carbonyl (C=O) groups excluding carboxylic acids is 1. The lowest BCUT2D eigenvalue weighted by Gasteiger charge is -2.14. The number of carbonyl (C=O) groups is 1. The maximum atomic E-state index is 12.7. The average Bonchev–Trinajstić information content (AvgIpc) is 2.66. The van der Waals surface area contributed by atoms with E-state index in [-0.39, 0.29) is 22.3 Å². The van der Waals surface area contributed by atoms with Crippen molar-refractivity contribution in [2.45, 2.75) is 24.8 Å². The second-order valence-corrected chi connectivity index (χ2v) is 8.19. The maximum absolute atomic E-state index is 12.7. The molecule has 8 heteroatoms. The Bertz CT molecular complexity index is 1130. The number of para-hydroxylation sites is 1. The highest BCUT2D eigenvalue weighted by Gasteiger charge is 2.22. The number of ether oxygens (including phenoxy) is 1. The van der Waals surface area contributed by atoms with Crippen LogP contribution in [0.5, 0.6) is 5.75 Å². The highest BCUT2D eigenvalue weighted by molar-refractivity contribution is 7.89. The molecule has 2 N–H and O–H groups in total. The molecule has 28 heavy (non-hydrogen) atoms. The molecule has 0 saturated carbocycles. The van der Waals surface area contributed by atoms with Crippen molar-refractivity contribution in [2.24, 2.45) is 0 Å². The van der Waals surface area contributed by atoms with E-state index in [2.05, 4.69) is 15.0 Å². The Morgan fingerprint density at radius 1 is 1.11 bits per heavy atom. The molecule has 0 aliphatic rings. The number of pyridine rings is 1. The summed E-state index contributed by atoms with van der Waals surface area (Å²) in [6.07, 6.45) is 1.56. The van der Waals surface area contributed by atoms with Gasteiger partial charge in [-0.05, 0) is 44.2 Å². The fourth-order valence-corrected chi connectivity index (χ4v) is 4.19. The lowest BCUT2D eigenvalue weighted by atomic mass is 10.2. The van der Waals surface area contributed by atoms with Gasteiger partial charge in [0.1, 0.15) is 10.6 Å². The predicted octanol–water partition coefficient (Wildman–Crippen LogP) is 3.18. The van der Waals surface area contributed by atoms with Crippen molar-refractivity contribution in [1.82, 2.24) is 9.71 Å². The fourth-order valence-electron chi connectivity index (χ4n) is 2.74. The molecule has 1 amide bonds. The summed E-state index contributed by atoms with van der Waals surface area (Å²) < 4.78 is 32.8. The van der Waals surface area contributed by atoms with E-state index in [0.29, 0.717) is 5.69 Å². The lowest BCUT2D eigenvalue weighted by Crippen LogP contribution is -2.30. The van der Waals surface area contributed by atoms with Crippen LogP contribution in [0.4, 0.5) is 5.69 Å². The van der Waals surface area contributed by atoms with Gasteiger partial charge in [-0.1, -0.05) is 18.2 Å². The molecule has 3 rings (SSSR count). The van der Waals surface area contributed by atoms with Crippen molar-refractivity contribution < 1.29 is 17.9 Å². The highest BCUT2D eigenvalue weighted by Crippen LogP contribution is 2.26. The number of benzene rings is 2. The zero-order valence-corrected chi connectivity index (χ0v) is 16.6. The first-order valence-corrected chi connectivity index (χ1v) is 10.1. The number of nitrogens with one attached hydrogen (secondary N) is 2. The minimum absolute atomic E-state index is 0.0898. The predicted molar refractivity (Wildman–Crippen MR) is 108 cm³/mol. The number of nitrogens with zero attached hydrogens (tertiary/aromatic N) is 1. The van der Waals surface area contributed by atoms with Crippen LogP contribution in [0.1, 0.15) is 24.2 Å². The maximum Gasteiger partial charge on any atom is 0.255 e. The van der Waals surface area contributed by atoms with Crippen molar-refractivity contribution in [3.63, 3.8) is 0 Å². The second kappa shape index (κ2) is 7.95. The van der Waals surface area contributed by atoms with Gasteiger partial charge in [0.05, 0.1) is 24.5 Å². The van der Waals surface area contributed by atoms with E-state index >= 15 is 0 Å². The zero-order chi connectivity index (χ0) is 20.3. The van der Waals surface area contributed by atoms with Crippen LogP contribution in [-0.2, 0) is 10.0 Å². The van der Waals surface area contributed by atoms with Gasteiger partial charge >= 0.3 is 0 Å². The molecule has 0 radical (unpaired) electrons. The van der Waals surface area contributed by atoms with Gasteiger partial charge in [-0.15, -0.1) is 0 Å². The first-order chi connectivity index (χ1) is 13.3. The normalized spacial score (nSPS) is 11.6. The number of aromatic nitrogens is 1. The van der Waals surface area contributed by atoms with Crippen molar-refractivity contribution in [1.29, 1.82) is 0 Å². The summed E-state index contributed by atoms with van der Waals surface area (Å²) in [7, 11) is -2.45. The Morgan fingerprint density at radius 3 is 2.57 bits per heavy atom. The van der Waals surface area contributed by atoms with Crippen LogP contribution in [0.15, 0.2) is 59.6 Å². The third-order valence-electron chi connectivity index (χ3n) is 3.95. The molecule has 2 aromatic carbocycles. The molecule has 0 saturated heterocycles. The van der Waals surface area contributed by atoms with E-state index in [1.807, 2.05) is 30.3 Å². The van der Waals surface area contributed by atoms with Crippen LogP contribution in [0.2, 0.25) is 0 Å². The van der Waals surface area contributed by atoms with Gasteiger partial charge in [-0.3, -0.25) is 9.78 Å². The molecule has 3 aromatic rings. The first kappa shape index (κ1) is 19.8. The number of anilines is 1. The van der Waals surface area contributed by atoms with E-state index < -0.39 is 15.9 Å². The van der Waals surface area contributed by atoms with E-state index in [1.54, 1.807) is 20.0 Å². The summed E-state index contributed by atoms with van der Waals surface area (Å²) in [6, 6.07) is 13.3. The molecule has 0 fully saturated rings. The zero-order valence-electron chi connectivity index (χ0n) is 15.8. The molecule has 0 bridgehead atoms. The van der Waals surface area contributed by atoms with E-state index in [0.717, 1.165) is 10.9 Å². The average molecular weight is 399 g/mol. The van der Waals surface area contributed by atoms with Crippen molar-refractivity contribution in [3.8, 4) is 5.75 Å². The first-order valence-electron chi connectivity index (χ1n) is 8.66. The molecule has 7 nitrogen and oxygen atoms in total. The summed E-state index contributed by atoms with van der Waals surface area (Å²) in [5, 5.41) is 3.64.